The first-order chi connectivity index (χ1) is 12.1. The van der Waals surface area contributed by atoms with Gasteiger partial charge in [-0.1, -0.05) is 12.1 Å². The van der Waals surface area contributed by atoms with E-state index in [0.717, 1.165) is 28.3 Å². The molecule has 5 heteroatoms. The van der Waals surface area contributed by atoms with Crippen LogP contribution in [0.15, 0.2) is 42.5 Å². The molecule has 0 bridgehead atoms. The maximum atomic E-state index is 12.2. The van der Waals surface area contributed by atoms with Gasteiger partial charge in [-0.05, 0) is 54.3 Å². The summed E-state index contributed by atoms with van der Waals surface area (Å²) in [5.74, 6) is 0.922. The normalized spacial score (nSPS) is 13.4. The van der Waals surface area contributed by atoms with Gasteiger partial charge in [0, 0.05) is 31.3 Å². The van der Waals surface area contributed by atoms with Crippen LogP contribution in [0, 0.1) is 0 Å². The number of ether oxygens (including phenoxy) is 1. The van der Waals surface area contributed by atoms with E-state index in [1.54, 1.807) is 19.1 Å². The molecule has 0 saturated heterocycles. The van der Waals surface area contributed by atoms with Crippen LogP contribution in [-0.4, -0.2) is 26.0 Å². The first-order valence-electron chi connectivity index (χ1n) is 8.39. The van der Waals surface area contributed by atoms with Gasteiger partial charge in [-0.2, -0.15) is 0 Å². The van der Waals surface area contributed by atoms with Gasteiger partial charge in [-0.15, -0.1) is 0 Å². The van der Waals surface area contributed by atoms with E-state index in [0.29, 0.717) is 25.7 Å². The van der Waals surface area contributed by atoms with E-state index in [1.807, 2.05) is 42.5 Å². The number of hydrogen-bond acceptors (Lipinski definition) is 3. The molecule has 0 spiro atoms. The standard InChI is InChI=1S/C20H22N2O3/c1-22-18-10-7-16(13-15(18)6-12-20(22)24)21-19(23)11-5-14-3-8-17(25-2)9-4-14/h3-4,7-10,13H,5-6,11-12H2,1-2H3,(H,21,23). The van der Waals surface area contributed by atoms with Crippen molar-refractivity contribution in [2.75, 3.05) is 24.4 Å². The number of rotatable bonds is 5. The fourth-order valence-electron chi connectivity index (χ4n) is 3.01. The van der Waals surface area contributed by atoms with Gasteiger partial charge in [-0.3, -0.25) is 9.59 Å². The number of nitrogens with one attached hydrogen (secondary N) is 1. The van der Waals surface area contributed by atoms with Crippen LogP contribution in [0.3, 0.4) is 0 Å². The van der Waals surface area contributed by atoms with Crippen molar-refractivity contribution in [3.05, 3.63) is 53.6 Å². The molecular formula is C20H22N2O3. The topological polar surface area (TPSA) is 58.6 Å². The number of benzene rings is 2. The first kappa shape index (κ1) is 17.0. The molecule has 1 N–H and O–H groups in total. The van der Waals surface area contributed by atoms with Crippen LogP contribution in [-0.2, 0) is 22.4 Å². The zero-order valence-electron chi connectivity index (χ0n) is 14.5. The summed E-state index contributed by atoms with van der Waals surface area (Å²) in [6, 6.07) is 13.4. The number of anilines is 2. The average molecular weight is 338 g/mol. The first-order valence-corrected chi connectivity index (χ1v) is 8.39. The molecule has 5 nitrogen and oxygen atoms in total. The molecule has 0 aromatic heterocycles. The largest absolute Gasteiger partial charge is 0.497 e. The van der Waals surface area contributed by atoms with Crippen molar-refractivity contribution in [2.45, 2.75) is 25.7 Å². The van der Waals surface area contributed by atoms with E-state index in [-0.39, 0.29) is 11.8 Å². The number of fused-ring (bicyclic) bond motifs is 1. The summed E-state index contributed by atoms with van der Waals surface area (Å²) in [5.41, 5.74) is 3.89. The third-order valence-corrected chi connectivity index (χ3v) is 4.51. The summed E-state index contributed by atoms with van der Waals surface area (Å²) in [6.45, 7) is 0. The second-order valence-electron chi connectivity index (χ2n) is 6.19. The molecule has 2 amide bonds. The minimum Gasteiger partial charge on any atom is -0.497 e. The Morgan fingerprint density at radius 1 is 1.16 bits per heavy atom. The Labute approximate surface area is 147 Å². The Morgan fingerprint density at radius 2 is 1.92 bits per heavy atom. The van der Waals surface area contributed by atoms with Crippen LogP contribution < -0.4 is 15.0 Å². The highest BCUT2D eigenvalue weighted by atomic mass is 16.5. The van der Waals surface area contributed by atoms with Gasteiger partial charge < -0.3 is 15.0 Å². The second-order valence-corrected chi connectivity index (χ2v) is 6.19. The molecule has 1 heterocycles. The average Bonchev–Trinajstić information content (AvgIpc) is 2.63. The molecule has 2 aromatic carbocycles. The van der Waals surface area contributed by atoms with Crippen LogP contribution in [0.2, 0.25) is 0 Å². The number of aryl methyl sites for hydroxylation is 2. The predicted octanol–water partition coefficient (Wildman–Crippen LogP) is 3.18. The quantitative estimate of drug-likeness (QED) is 0.911. The van der Waals surface area contributed by atoms with Crippen molar-refractivity contribution < 1.29 is 14.3 Å². The van der Waals surface area contributed by atoms with Crippen molar-refractivity contribution in [2.24, 2.45) is 0 Å². The van der Waals surface area contributed by atoms with E-state index in [9.17, 15) is 9.59 Å². The number of amides is 2. The van der Waals surface area contributed by atoms with Gasteiger partial charge >= 0.3 is 0 Å². The van der Waals surface area contributed by atoms with E-state index in [2.05, 4.69) is 5.32 Å². The molecule has 0 aliphatic carbocycles. The molecule has 2 aromatic rings. The van der Waals surface area contributed by atoms with Crippen LogP contribution in [0.25, 0.3) is 0 Å². The van der Waals surface area contributed by atoms with Gasteiger partial charge in [0.1, 0.15) is 5.75 Å². The summed E-state index contributed by atoms with van der Waals surface area (Å²) in [4.78, 5) is 25.6. The second kappa shape index (κ2) is 7.38. The lowest BCUT2D eigenvalue weighted by molar-refractivity contribution is -0.118. The van der Waals surface area contributed by atoms with Crippen molar-refractivity contribution >= 4 is 23.2 Å². The predicted molar refractivity (Wildman–Crippen MR) is 98.1 cm³/mol. The summed E-state index contributed by atoms with van der Waals surface area (Å²) in [7, 11) is 3.42. The van der Waals surface area contributed by atoms with Gasteiger partial charge in [0.25, 0.3) is 0 Å². The molecule has 0 fully saturated rings. The number of nitrogens with zero attached hydrogens (tertiary/aromatic N) is 1. The zero-order valence-corrected chi connectivity index (χ0v) is 14.5. The summed E-state index contributed by atoms with van der Waals surface area (Å²) in [6.07, 6.45) is 2.33. The van der Waals surface area contributed by atoms with Crippen molar-refractivity contribution in [1.29, 1.82) is 0 Å². The Bertz CT molecular complexity index is 784. The fourth-order valence-corrected chi connectivity index (χ4v) is 3.01. The Kier molecular flexibility index (Phi) is 5.03. The van der Waals surface area contributed by atoms with Crippen molar-refractivity contribution in [3.8, 4) is 5.75 Å². The SMILES string of the molecule is COc1ccc(CCC(=O)Nc2ccc3c(c2)CCC(=O)N3C)cc1. The lowest BCUT2D eigenvalue weighted by Gasteiger charge is -2.26. The minimum absolute atomic E-state index is 0.0176. The molecule has 0 atom stereocenters. The van der Waals surface area contributed by atoms with Crippen LogP contribution in [0.1, 0.15) is 24.0 Å². The Balaban J connectivity index is 1.58. The number of carbonyl (C=O) groups is 2. The van der Waals surface area contributed by atoms with Gasteiger partial charge in [-0.25, -0.2) is 0 Å². The molecule has 0 unspecified atom stereocenters. The van der Waals surface area contributed by atoms with Gasteiger partial charge in [0.2, 0.25) is 11.8 Å². The highest BCUT2D eigenvalue weighted by Crippen LogP contribution is 2.29. The van der Waals surface area contributed by atoms with Crippen LogP contribution in [0.5, 0.6) is 5.75 Å². The summed E-state index contributed by atoms with van der Waals surface area (Å²) < 4.78 is 5.13. The minimum atomic E-state index is -0.0176. The number of hydrogen-bond donors (Lipinski definition) is 1. The molecule has 1 aliphatic heterocycles. The monoisotopic (exact) mass is 338 g/mol. The maximum absolute atomic E-state index is 12.2. The summed E-state index contributed by atoms with van der Waals surface area (Å²) >= 11 is 0. The molecule has 3 rings (SSSR count). The third-order valence-electron chi connectivity index (χ3n) is 4.51. The van der Waals surface area contributed by atoms with E-state index >= 15 is 0 Å². The van der Waals surface area contributed by atoms with Gasteiger partial charge in [0.05, 0.1) is 7.11 Å². The fraction of sp³-hybridized carbons (Fsp3) is 0.300. The van der Waals surface area contributed by atoms with Crippen molar-refractivity contribution in [1.82, 2.24) is 0 Å². The molecular weight excluding hydrogens is 316 g/mol. The molecule has 0 radical (unpaired) electrons. The molecule has 130 valence electrons. The molecule has 25 heavy (non-hydrogen) atoms. The van der Waals surface area contributed by atoms with Gasteiger partial charge in [0.15, 0.2) is 0 Å². The smallest absolute Gasteiger partial charge is 0.227 e. The summed E-state index contributed by atoms with van der Waals surface area (Å²) in [5, 5.41) is 2.94. The van der Waals surface area contributed by atoms with E-state index in [4.69, 9.17) is 4.74 Å². The molecule has 0 saturated carbocycles. The number of carbonyl (C=O) groups excluding carboxylic acids is 2. The molecule has 1 aliphatic rings. The van der Waals surface area contributed by atoms with Crippen LogP contribution >= 0.6 is 0 Å². The third kappa shape index (κ3) is 3.99. The highest BCUT2D eigenvalue weighted by Gasteiger charge is 2.20. The highest BCUT2D eigenvalue weighted by molar-refractivity contribution is 5.97. The lowest BCUT2D eigenvalue weighted by atomic mass is 10.0. The number of methoxy groups -OCH3 is 1. The zero-order chi connectivity index (χ0) is 17.8. The van der Waals surface area contributed by atoms with E-state index in [1.165, 1.54) is 0 Å². The van der Waals surface area contributed by atoms with E-state index < -0.39 is 0 Å². The maximum Gasteiger partial charge on any atom is 0.227 e. The Morgan fingerprint density at radius 3 is 2.64 bits per heavy atom. The van der Waals surface area contributed by atoms with Crippen LogP contribution in [0.4, 0.5) is 11.4 Å². The van der Waals surface area contributed by atoms with Crippen molar-refractivity contribution in [3.63, 3.8) is 0 Å². The lowest BCUT2D eigenvalue weighted by Crippen LogP contribution is -2.31. The Hall–Kier alpha value is -2.82.